The highest BCUT2D eigenvalue weighted by molar-refractivity contribution is 14.0. The van der Waals surface area contributed by atoms with Crippen LogP contribution in [0.3, 0.4) is 0 Å². The Balaban J connectivity index is 0.00000208. The van der Waals surface area contributed by atoms with Gasteiger partial charge in [0.25, 0.3) is 0 Å². The maximum absolute atomic E-state index is 6.02. The first kappa shape index (κ1) is 18.6. The molecule has 0 unspecified atom stereocenters. The fourth-order valence-corrected chi connectivity index (χ4v) is 3.12. The lowest BCUT2D eigenvalue weighted by Crippen LogP contribution is -2.22. The van der Waals surface area contributed by atoms with E-state index in [-0.39, 0.29) is 24.0 Å². The number of aromatic nitrogens is 2. The number of hydrogen-bond donors (Lipinski definition) is 2. The van der Waals surface area contributed by atoms with Gasteiger partial charge in [0, 0.05) is 12.7 Å². The van der Waals surface area contributed by atoms with E-state index in [1.807, 2.05) is 14.0 Å². The Bertz CT molecular complexity index is 754. The van der Waals surface area contributed by atoms with E-state index in [0.29, 0.717) is 12.5 Å². The van der Waals surface area contributed by atoms with Gasteiger partial charge in [-0.25, -0.2) is 9.67 Å². The summed E-state index contributed by atoms with van der Waals surface area (Å²) in [4.78, 5) is 4.42. The zero-order valence-corrected chi connectivity index (χ0v) is 16.6. The molecule has 0 bridgehead atoms. The second-order valence-electron chi connectivity index (χ2n) is 5.86. The predicted molar refractivity (Wildman–Crippen MR) is 107 cm³/mol. The summed E-state index contributed by atoms with van der Waals surface area (Å²) in [7, 11) is 3.49. The highest BCUT2D eigenvalue weighted by Crippen LogP contribution is 2.25. The van der Waals surface area contributed by atoms with Crippen LogP contribution in [-0.2, 0) is 26.4 Å². The highest BCUT2D eigenvalue weighted by atomic mass is 127. The molecule has 130 valence electrons. The molecule has 0 saturated carbocycles. The summed E-state index contributed by atoms with van der Waals surface area (Å²) in [5, 5.41) is 7.51. The maximum atomic E-state index is 6.02. The van der Waals surface area contributed by atoms with Crippen molar-refractivity contribution in [3.63, 3.8) is 0 Å². The third-order valence-electron chi connectivity index (χ3n) is 4.26. The lowest BCUT2D eigenvalue weighted by atomic mass is 10.1. The van der Waals surface area contributed by atoms with Gasteiger partial charge in [-0.3, -0.25) is 0 Å². The number of guanidine groups is 1. The van der Waals surface area contributed by atoms with E-state index in [9.17, 15) is 0 Å². The summed E-state index contributed by atoms with van der Waals surface area (Å²) in [6.45, 7) is 2.38. The molecule has 0 fully saturated rings. The minimum absolute atomic E-state index is 0. The Labute approximate surface area is 159 Å². The van der Waals surface area contributed by atoms with Crippen LogP contribution < -0.4 is 15.8 Å². The van der Waals surface area contributed by atoms with Crippen molar-refractivity contribution in [3.8, 4) is 5.88 Å². The number of nitrogens with two attached hydrogens (primary N) is 1. The SMILES string of the molecule is COc1c(CN=C(N)Nc2ccc3c(c2)CCC3)c(C)nn1C.I. The van der Waals surface area contributed by atoms with Gasteiger partial charge in [-0.1, -0.05) is 6.07 Å². The molecular formula is C17H24IN5O. The number of methoxy groups -OCH3 is 1. The van der Waals surface area contributed by atoms with Crippen LogP contribution in [-0.4, -0.2) is 22.8 Å². The van der Waals surface area contributed by atoms with Crippen molar-refractivity contribution in [2.75, 3.05) is 12.4 Å². The molecule has 3 N–H and O–H groups in total. The predicted octanol–water partition coefficient (Wildman–Crippen LogP) is 2.77. The van der Waals surface area contributed by atoms with E-state index in [2.05, 4.69) is 33.6 Å². The number of rotatable bonds is 4. The molecule has 1 aliphatic carbocycles. The smallest absolute Gasteiger partial charge is 0.216 e. The summed E-state index contributed by atoms with van der Waals surface area (Å²) in [6, 6.07) is 6.40. The van der Waals surface area contributed by atoms with Crippen molar-refractivity contribution in [1.82, 2.24) is 9.78 Å². The van der Waals surface area contributed by atoms with Gasteiger partial charge in [-0.05, 0) is 49.4 Å². The molecule has 1 heterocycles. The standard InChI is InChI=1S/C17H23N5O.HI/c1-11-15(16(23-3)22(2)21-11)10-19-17(18)20-14-8-7-12-5-4-6-13(12)9-14;/h7-9H,4-6,10H2,1-3H3,(H3,18,19,20);1H. The zero-order chi connectivity index (χ0) is 16.4. The molecule has 1 aliphatic rings. The molecule has 7 heteroatoms. The number of aryl methyl sites for hydroxylation is 4. The summed E-state index contributed by atoms with van der Waals surface area (Å²) in [5.74, 6) is 1.12. The number of hydrogen-bond acceptors (Lipinski definition) is 3. The Morgan fingerprint density at radius 2 is 2.12 bits per heavy atom. The van der Waals surface area contributed by atoms with Gasteiger partial charge >= 0.3 is 0 Å². The fraction of sp³-hybridized carbons (Fsp3) is 0.412. The summed E-state index contributed by atoms with van der Waals surface area (Å²) in [5.41, 5.74) is 11.7. The van der Waals surface area contributed by atoms with Crippen LogP contribution in [0.5, 0.6) is 5.88 Å². The average Bonchev–Trinajstić information content (AvgIpc) is 3.08. The van der Waals surface area contributed by atoms with Gasteiger partial charge in [-0.2, -0.15) is 5.10 Å². The lowest BCUT2D eigenvalue weighted by molar-refractivity contribution is 0.369. The molecule has 0 aliphatic heterocycles. The van der Waals surface area contributed by atoms with E-state index in [1.165, 1.54) is 24.0 Å². The molecule has 0 atom stereocenters. The zero-order valence-electron chi connectivity index (χ0n) is 14.3. The van der Waals surface area contributed by atoms with E-state index in [1.54, 1.807) is 11.8 Å². The second-order valence-corrected chi connectivity index (χ2v) is 5.86. The third kappa shape index (κ3) is 3.82. The molecule has 0 radical (unpaired) electrons. The molecule has 6 nitrogen and oxygen atoms in total. The topological polar surface area (TPSA) is 77.5 Å². The molecule has 2 aromatic rings. The fourth-order valence-electron chi connectivity index (χ4n) is 3.12. The van der Waals surface area contributed by atoms with E-state index in [0.717, 1.165) is 29.2 Å². The first-order valence-corrected chi connectivity index (χ1v) is 7.83. The van der Waals surface area contributed by atoms with Gasteiger partial charge < -0.3 is 15.8 Å². The highest BCUT2D eigenvalue weighted by Gasteiger charge is 2.14. The van der Waals surface area contributed by atoms with Crippen LogP contribution in [0.1, 0.15) is 28.8 Å². The van der Waals surface area contributed by atoms with E-state index in [4.69, 9.17) is 10.5 Å². The summed E-state index contributed by atoms with van der Waals surface area (Å²) in [6.07, 6.45) is 3.57. The van der Waals surface area contributed by atoms with Gasteiger partial charge in [0.1, 0.15) is 0 Å². The van der Waals surface area contributed by atoms with Crippen LogP contribution in [0, 0.1) is 6.92 Å². The first-order chi connectivity index (χ1) is 11.1. The Morgan fingerprint density at radius 1 is 1.38 bits per heavy atom. The van der Waals surface area contributed by atoms with Crippen molar-refractivity contribution in [3.05, 3.63) is 40.6 Å². The molecule has 1 aromatic heterocycles. The molecule has 3 rings (SSSR count). The quantitative estimate of drug-likeness (QED) is 0.435. The number of halogens is 1. The summed E-state index contributed by atoms with van der Waals surface area (Å²) >= 11 is 0. The number of aliphatic imine (C=N–C) groups is 1. The third-order valence-corrected chi connectivity index (χ3v) is 4.26. The van der Waals surface area contributed by atoms with Crippen LogP contribution in [0.15, 0.2) is 23.2 Å². The van der Waals surface area contributed by atoms with Crippen molar-refractivity contribution < 1.29 is 4.74 Å². The normalized spacial score (nSPS) is 13.4. The summed E-state index contributed by atoms with van der Waals surface area (Å²) < 4.78 is 7.08. The number of nitrogens with zero attached hydrogens (tertiary/aromatic N) is 3. The monoisotopic (exact) mass is 441 g/mol. The Hall–Kier alpha value is -1.77. The van der Waals surface area contributed by atoms with Crippen LogP contribution in [0.4, 0.5) is 5.69 Å². The van der Waals surface area contributed by atoms with E-state index < -0.39 is 0 Å². The Kier molecular flexibility index (Phi) is 6.09. The number of ether oxygens (including phenoxy) is 1. The van der Waals surface area contributed by atoms with Gasteiger partial charge in [0.2, 0.25) is 5.88 Å². The molecule has 1 aromatic carbocycles. The minimum Gasteiger partial charge on any atom is -0.481 e. The molecule has 24 heavy (non-hydrogen) atoms. The Morgan fingerprint density at radius 3 is 2.88 bits per heavy atom. The first-order valence-electron chi connectivity index (χ1n) is 7.83. The van der Waals surface area contributed by atoms with Crippen molar-refractivity contribution in [2.45, 2.75) is 32.7 Å². The molecular weight excluding hydrogens is 417 g/mol. The van der Waals surface area contributed by atoms with Crippen LogP contribution in [0.25, 0.3) is 0 Å². The number of fused-ring (bicyclic) bond motifs is 1. The lowest BCUT2D eigenvalue weighted by Gasteiger charge is -2.08. The van der Waals surface area contributed by atoms with Gasteiger partial charge in [-0.15, -0.1) is 24.0 Å². The molecule has 0 spiro atoms. The molecule has 0 saturated heterocycles. The van der Waals surface area contributed by atoms with Gasteiger partial charge in [0.05, 0.1) is 24.9 Å². The largest absolute Gasteiger partial charge is 0.481 e. The second kappa shape index (κ2) is 7.87. The van der Waals surface area contributed by atoms with E-state index >= 15 is 0 Å². The number of benzene rings is 1. The van der Waals surface area contributed by atoms with Crippen LogP contribution >= 0.6 is 24.0 Å². The van der Waals surface area contributed by atoms with Crippen molar-refractivity contribution >= 4 is 35.6 Å². The van der Waals surface area contributed by atoms with Crippen LogP contribution in [0.2, 0.25) is 0 Å². The number of nitrogens with one attached hydrogen (secondary N) is 1. The molecule has 0 amide bonds. The van der Waals surface area contributed by atoms with Gasteiger partial charge in [0.15, 0.2) is 5.96 Å². The van der Waals surface area contributed by atoms with Crippen molar-refractivity contribution in [1.29, 1.82) is 0 Å². The number of anilines is 1. The average molecular weight is 441 g/mol. The van der Waals surface area contributed by atoms with Crippen molar-refractivity contribution in [2.24, 2.45) is 17.8 Å². The maximum Gasteiger partial charge on any atom is 0.216 e. The minimum atomic E-state index is 0.